The molecule has 0 bridgehead atoms. The summed E-state index contributed by atoms with van der Waals surface area (Å²) in [6.07, 6.45) is 0.626. The largest absolute Gasteiger partial charge is 0.369 e. The molecule has 3 aliphatic rings. The highest BCUT2D eigenvalue weighted by atomic mass is 19.1. The highest BCUT2D eigenvalue weighted by Crippen LogP contribution is 2.28. The first-order chi connectivity index (χ1) is 15.5. The summed E-state index contributed by atoms with van der Waals surface area (Å²) in [5.41, 5.74) is 3.74. The molecule has 3 aliphatic heterocycles. The number of benzene rings is 2. The number of imide groups is 1. The van der Waals surface area contributed by atoms with Gasteiger partial charge in [-0.2, -0.15) is 0 Å². The first-order valence-corrected chi connectivity index (χ1v) is 11.0. The van der Waals surface area contributed by atoms with E-state index in [4.69, 9.17) is 0 Å². The average Bonchev–Trinajstić information content (AvgIpc) is 3.10. The number of hydrogen-bond donors (Lipinski definition) is 1. The number of amides is 3. The minimum Gasteiger partial charge on any atom is -0.369 e. The predicted molar refractivity (Wildman–Crippen MR) is 116 cm³/mol. The Labute approximate surface area is 185 Å². The maximum absolute atomic E-state index is 13.2. The van der Waals surface area contributed by atoms with E-state index < -0.39 is 6.04 Å². The third-order valence-corrected chi connectivity index (χ3v) is 6.56. The molecular weight excluding hydrogens is 411 g/mol. The number of nitrogens with zero attached hydrogens (tertiary/aromatic N) is 3. The van der Waals surface area contributed by atoms with Crippen LogP contribution >= 0.6 is 0 Å². The van der Waals surface area contributed by atoms with Crippen molar-refractivity contribution in [1.82, 2.24) is 15.1 Å². The molecule has 0 aromatic heterocycles. The molecule has 5 rings (SSSR count). The number of carbonyl (C=O) groups excluding carboxylic acids is 3. The summed E-state index contributed by atoms with van der Waals surface area (Å²) in [5.74, 6) is -1.04. The lowest BCUT2D eigenvalue weighted by atomic mass is 10.0. The Morgan fingerprint density at radius 1 is 0.969 bits per heavy atom. The van der Waals surface area contributed by atoms with Gasteiger partial charge in [0.15, 0.2) is 0 Å². The summed E-state index contributed by atoms with van der Waals surface area (Å²) < 4.78 is 13.2. The first-order valence-electron chi connectivity index (χ1n) is 11.0. The molecule has 0 radical (unpaired) electrons. The fraction of sp³-hybridized carbons (Fsp3) is 0.375. The van der Waals surface area contributed by atoms with Gasteiger partial charge < -0.3 is 9.80 Å². The third-order valence-electron chi connectivity index (χ3n) is 6.56. The zero-order chi connectivity index (χ0) is 22.2. The van der Waals surface area contributed by atoms with Crippen LogP contribution in [-0.2, 0) is 22.7 Å². The van der Waals surface area contributed by atoms with Crippen LogP contribution in [0, 0.1) is 5.82 Å². The minimum absolute atomic E-state index is 0.144. The molecule has 1 unspecified atom stereocenters. The Hall–Kier alpha value is -3.26. The second kappa shape index (κ2) is 8.35. The van der Waals surface area contributed by atoms with Crippen LogP contribution in [-0.4, -0.2) is 59.7 Å². The maximum Gasteiger partial charge on any atom is 0.255 e. The fourth-order valence-corrected chi connectivity index (χ4v) is 4.80. The van der Waals surface area contributed by atoms with Gasteiger partial charge in [0, 0.05) is 56.9 Å². The van der Waals surface area contributed by atoms with Crippen LogP contribution in [0.3, 0.4) is 0 Å². The summed E-state index contributed by atoms with van der Waals surface area (Å²) >= 11 is 0. The van der Waals surface area contributed by atoms with Crippen LogP contribution in [0.25, 0.3) is 0 Å². The van der Waals surface area contributed by atoms with Gasteiger partial charge in [-0.05, 0) is 47.9 Å². The van der Waals surface area contributed by atoms with E-state index in [1.165, 1.54) is 12.1 Å². The zero-order valence-corrected chi connectivity index (χ0v) is 17.7. The molecule has 0 saturated carbocycles. The van der Waals surface area contributed by atoms with Crippen LogP contribution in [0.2, 0.25) is 0 Å². The highest BCUT2D eigenvalue weighted by molar-refractivity contribution is 6.05. The second-order valence-corrected chi connectivity index (χ2v) is 8.63. The Kier molecular flexibility index (Phi) is 5.38. The monoisotopic (exact) mass is 436 g/mol. The van der Waals surface area contributed by atoms with E-state index in [-0.39, 0.29) is 30.0 Å². The van der Waals surface area contributed by atoms with Gasteiger partial charge in [-0.3, -0.25) is 24.6 Å². The van der Waals surface area contributed by atoms with Crippen molar-refractivity contribution in [3.63, 3.8) is 0 Å². The van der Waals surface area contributed by atoms with Gasteiger partial charge in [-0.1, -0.05) is 12.1 Å². The molecule has 2 aromatic rings. The Morgan fingerprint density at radius 3 is 2.44 bits per heavy atom. The number of piperidine rings is 1. The fourth-order valence-electron chi connectivity index (χ4n) is 4.80. The maximum atomic E-state index is 13.2. The molecule has 2 aromatic carbocycles. The molecule has 2 fully saturated rings. The van der Waals surface area contributed by atoms with Gasteiger partial charge in [-0.15, -0.1) is 0 Å². The number of fused-ring (bicyclic) bond motifs is 1. The number of rotatable bonds is 4. The number of hydrogen-bond acceptors (Lipinski definition) is 5. The number of anilines is 1. The van der Waals surface area contributed by atoms with Crippen LogP contribution in [0.4, 0.5) is 10.1 Å². The average molecular weight is 436 g/mol. The van der Waals surface area contributed by atoms with E-state index in [2.05, 4.69) is 21.2 Å². The molecule has 3 amide bonds. The quantitative estimate of drug-likeness (QED) is 0.742. The molecule has 1 N–H and O–H groups in total. The Balaban J connectivity index is 1.21. The lowest BCUT2D eigenvalue weighted by Gasteiger charge is -2.36. The van der Waals surface area contributed by atoms with Crippen molar-refractivity contribution in [3.05, 3.63) is 65.0 Å². The standard InChI is InChI=1S/C24H25FN4O3/c25-18-2-4-19(5-3-18)28-11-9-27(10-12-28)14-16-1-6-20-17(13-16)15-29(24(20)32)21-7-8-22(30)26-23(21)31/h1-6,13,21H,7-12,14-15H2,(H,26,30,31). The van der Waals surface area contributed by atoms with Gasteiger partial charge >= 0.3 is 0 Å². The number of piperazine rings is 1. The van der Waals surface area contributed by atoms with Gasteiger partial charge in [-0.25, -0.2) is 4.39 Å². The van der Waals surface area contributed by atoms with Gasteiger partial charge in [0.25, 0.3) is 5.91 Å². The van der Waals surface area contributed by atoms with Crippen LogP contribution in [0.15, 0.2) is 42.5 Å². The molecule has 0 spiro atoms. The molecule has 2 saturated heterocycles. The summed E-state index contributed by atoms with van der Waals surface area (Å²) in [4.78, 5) is 42.7. The van der Waals surface area contributed by atoms with E-state index in [0.29, 0.717) is 18.5 Å². The molecule has 1 atom stereocenters. The van der Waals surface area contributed by atoms with E-state index in [9.17, 15) is 18.8 Å². The molecule has 166 valence electrons. The zero-order valence-electron chi connectivity index (χ0n) is 17.7. The molecule has 3 heterocycles. The van der Waals surface area contributed by atoms with Crippen LogP contribution in [0.5, 0.6) is 0 Å². The summed E-state index contributed by atoms with van der Waals surface area (Å²) in [5, 5.41) is 2.34. The normalized spacial score (nSPS) is 21.7. The number of halogens is 1. The van der Waals surface area contributed by atoms with Crippen molar-refractivity contribution in [3.8, 4) is 0 Å². The summed E-state index contributed by atoms with van der Waals surface area (Å²) in [6.45, 7) is 4.73. The minimum atomic E-state index is -0.587. The van der Waals surface area contributed by atoms with E-state index in [0.717, 1.165) is 49.5 Å². The van der Waals surface area contributed by atoms with Crippen molar-refractivity contribution in [2.24, 2.45) is 0 Å². The first kappa shape index (κ1) is 20.6. The van der Waals surface area contributed by atoms with Crippen molar-refractivity contribution in [2.45, 2.75) is 32.0 Å². The second-order valence-electron chi connectivity index (χ2n) is 8.63. The van der Waals surface area contributed by atoms with E-state index >= 15 is 0 Å². The summed E-state index contributed by atoms with van der Waals surface area (Å²) in [6, 6.07) is 11.9. The molecule has 0 aliphatic carbocycles. The van der Waals surface area contributed by atoms with Crippen molar-refractivity contribution < 1.29 is 18.8 Å². The van der Waals surface area contributed by atoms with E-state index in [1.807, 2.05) is 24.3 Å². The smallest absolute Gasteiger partial charge is 0.255 e. The van der Waals surface area contributed by atoms with Crippen LogP contribution in [0.1, 0.15) is 34.3 Å². The molecule has 7 nitrogen and oxygen atoms in total. The molecule has 32 heavy (non-hydrogen) atoms. The number of nitrogens with one attached hydrogen (secondary N) is 1. The highest BCUT2D eigenvalue weighted by Gasteiger charge is 2.39. The van der Waals surface area contributed by atoms with Crippen molar-refractivity contribution in [2.75, 3.05) is 31.1 Å². The van der Waals surface area contributed by atoms with Crippen LogP contribution < -0.4 is 10.2 Å². The number of carbonyl (C=O) groups is 3. The van der Waals surface area contributed by atoms with Gasteiger partial charge in [0.05, 0.1) is 0 Å². The Bertz CT molecular complexity index is 1060. The topological polar surface area (TPSA) is 73.0 Å². The molecular formula is C24H25FN4O3. The van der Waals surface area contributed by atoms with Gasteiger partial charge in [0.1, 0.15) is 11.9 Å². The van der Waals surface area contributed by atoms with Crippen molar-refractivity contribution >= 4 is 23.4 Å². The predicted octanol–water partition coefficient (Wildman–Crippen LogP) is 1.91. The Morgan fingerprint density at radius 2 is 1.72 bits per heavy atom. The van der Waals surface area contributed by atoms with E-state index in [1.54, 1.807) is 4.90 Å². The lowest BCUT2D eigenvalue weighted by Crippen LogP contribution is -2.52. The molecule has 8 heteroatoms. The van der Waals surface area contributed by atoms with Crippen molar-refractivity contribution in [1.29, 1.82) is 0 Å². The summed E-state index contributed by atoms with van der Waals surface area (Å²) in [7, 11) is 0. The third kappa shape index (κ3) is 3.98. The lowest BCUT2D eigenvalue weighted by molar-refractivity contribution is -0.136. The SMILES string of the molecule is O=C1CCC(N2Cc3cc(CN4CCN(c5ccc(F)cc5)CC4)ccc3C2=O)C(=O)N1. The van der Waals surface area contributed by atoms with Gasteiger partial charge in [0.2, 0.25) is 11.8 Å².